The Bertz CT molecular complexity index is 427. The van der Waals surface area contributed by atoms with Crippen LogP contribution < -0.4 is 0 Å². The lowest BCUT2D eigenvalue weighted by molar-refractivity contribution is -0.112. The van der Waals surface area contributed by atoms with E-state index < -0.39 is 5.97 Å². The highest BCUT2D eigenvalue weighted by molar-refractivity contribution is 5.91. The van der Waals surface area contributed by atoms with E-state index in [1.165, 1.54) is 13.0 Å². The van der Waals surface area contributed by atoms with Crippen LogP contribution in [0.3, 0.4) is 0 Å². The lowest BCUT2D eigenvalue weighted by Gasteiger charge is -2.03. The number of allylic oxidation sites excluding steroid dienone is 2. The van der Waals surface area contributed by atoms with E-state index in [0.29, 0.717) is 11.3 Å². The second-order valence-corrected chi connectivity index (χ2v) is 3.62. The predicted octanol–water partition coefficient (Wildman–Crippen LogP) is 2.64. The molecule has 0 amide bonds. The van der Waals surface area contributed by atoms with Crippen molar-refractivity contribution in [2.75, 3.05) is 0 Å². The maximum Gasteiger partial charge on any atom is 0.343 e. The van der Waals surface area contributed by atoms with Gasteiger partial charge in [-0.2, -0.15) is 0 Å². The summed E-state index contributed by atoms with van der Waals surface area (Å²) in [7, 11) is 0. The molecule has 0 fully saturated rings. The van der Waals surface area contributed by atoms with E-state index in [2.05, 4.69) is 0 Å². The van der Waals surface area contributed by atoms with Crippen LogP contribution in [-0.2, 0) is 9.53 Å². The number of ketones is 1. The molecule has 84 valence electrons. The van der Waals surface area contributed by atoms with Crippen molar-refractivity contribution in [3.8, 4) is 0 Å². The first kappa shape index (κ1) is 12.2. The molecule has 0 aliphatic heterocycles. The Morgan fingerprint density at radius 3 is 2.19 bits per heavy atom. The van der Waals surface area contributed by atoms with Gasteiger partial charge in [-0.05, 0) is 32.9 Å². The molecular weight excluding hydrogens is 204 g/mol. The normalized spacial score (nSPS) is 11.1. The van der Waals surface area contributed by atoms with Gasteiger partial charge in [0.15, 0.2) is 5.78 Å². The average Bonchev–Trinajstić information content (AvgIpc) is 2.16. The summed E-state index contributed by atoms with van der Waals surface area (Å²) in [6, 6.07) is 7.05. The molecule has 3 nitrogen and oxygen atoms in total. The number of rotatable bonds is 3. The third kappa shape index (κ3) is 3.69. The molecule has 0 bridgehead atoms. The maximum absolute atomic E-state index is 11.6. The molecule has 0 aliphatic carbocycles. The van der Waals surface area contributed by atoms with Gasteiger partial charge in [-0.3, -0.25) is 4.79 Å². The first-order valence-corrected chi connectivity index (χ1v) is 4.97. The first-order valence-electron chi connectivity index (χ1n) is 4.97. The van der Waals surface area contributed by atoms with Crippen molar-refractivity contribution in [2.24, 2.45) is 0 Å². The summed E-state index contributed by atoms with van der Waals surface area (Å²) >= 11 is 0. The van der Waals surface area contributed by atoms with E-state index >= 15 is 0 Å². The molecule has 1 aromatic carbocycles. The standard InChI is InChI=1S/C13H14O3/c1-9-4-6-12(7-5-9)13(15)16-11(3)8-10(2)14/h4-8H,1-3H3/b11-8+. The predicted molar refractivity (Wildman–Crippen MR) is 61.0 cm³/mol. The van der Waals surface area contributed by atoms with Crippen molar-refractivity contribution >= 4 is 11.8 Å². The number of hydrogen-bond acceptors (Lipinski definition) is 3. The van der Waals surface area contributed by atoms with Crippen LogP contribution >= 0.6 is 0 Å². The van der Waals surface area contributed by atoms with Gasteiger partial charge in [0.2, 0.25) is 0 Å². The number of ether oxygens (including phenoxy) is 1. The highest BCUT2D eigenvalue weighted by atomic mass is 16.5. The molecule has 0 saturated heterocycles. The molecule has 1 rings (SSSR count). The van der Waals surface area contributed by atoms with Gasteiger partial charge in [0.25, 0.3) is 0 Å². The molecule has 3 heteroatoms. The van der Waals surface area contributed by atoms with Crippen molar-refractivity contribution < 1.29 is 14.3 Å². The van der Waals surface area contributed by atoms with Gasteiger partial charge < -0.3 is 4.74 Å². The summed E-state index contributed by atoms with van der Waals surface area (Å²) < 4.78 is 4.99. The van der Waals surface area contributed by atoms with Crippen molar-refractivity contribution in [1.29, 1.82) is 0 Å². The highest BCUT2D eigenvalue weighted by Gasteiger charge is 2.07. The molecular formula is C13H14O3. The topological polar surface area (TPSA) is 43.4 Å². The fraction of sp³-hybridized carbons (Fsp3) is 0.231. The lowest BCUT2D eigenvalue weighted by atomic mass is 10.1. The number of hydrogen-bond donors (Lipinski definition) is 0. The lowest BCUT2D eigenvalue weighted by Crippen LogP contribution is -2.04. The number of carbonyl (C=O) groups is 2. The molecule has 0 saturated carbocycles. The van der Waals surface area contributed by atoms with Crippen LogP contribution in [0.4, 0.5) is 0 Å². The SMILES string of the molecule is CC(=O)/C=C(\C)OC(=O)c1ccc(C)cc1. The van der Waals surface area contributed by atoms with Gasteiger partial charge in [-0.15, -0.1) is 0 Å². The molecule has 0 unspecified atom stereocenters. The number of aryl methyl sites for hydroxylation is 1. The van der Waals surface area contributed by atoms with Crippen LogP contribution in [0.25, 0.3) is 0 Å². The largest absolute Gasteiger partial charge is 0.428 e. The fourth-order valence-corrected chi connectivity index (χ4v) is 1.21. The van der Waals surface area contributed by atoms with Gasteiger partial charge in [0.05, 0.1) is 5.56 Å². The summed E-state index contributed by atoms with van der Waals surface area (Å²) in [6.07, 6.45) is 1.28. The zero-order valence-corrected chi connectivity index (χ0v) is 9.61. The van der Waals surface area contributed by atoms with E-state index in [9.17, 15) is 9.59 Å². The summed E-state index contributed by atoms with van der Waals surface area (Å²) in [5.74, 6) is -0.290. The Balaban J connectivity index is 2.73. The van der Waals surface area contributed by atoms with E-state index in [4.69, 9.17) is 4.74 Å². The van der Waals surface area contributed by atoms with Crippen molar-refractivity contribution in [2.45, 2.75) is 20.8 Å². The molecule has 0 heterocycles. The number of carbonyl (C=O) groups excluding carboxylic acids is 2. The second kappa shape index (κ2) is 5.26. The maximum atomic E-state index is 11.6. The Labute approximate surface area is 94.7 Å². The third-order valence-electron chi connectivity index (χ3n) is 1.95. The van der Waals surface area contributed by atoms with Crippen LogP contribution in [0.5, 0.6) is 0 Å². The minimum absolute atomic E-state index is 0.144. The third-order valence-corrected chi connectivity index (χ3v) is 1.95. The average molecular weight is 218 g/mol. The van der Waals surface area contributed by atoms with Gasteiger partial charge in [-0.25, -0.2) is 4.79 Å². The molecule has 0 aliphatic rings. The molecule has 0 radical (unpaired) electrons. The van der Waals surface area contributed by atoms with Crippen LogP contribution in [0.1, 0.15) is 29.8 Å². The number of benzene rings is 1. The molecule has 1 aromatic rings. The van der Waals surface area contributed by atoms with E-state index in [1.54, 1.807) is 19.1 Å². The Morgan fingerprint density at radius 2 is 1.69 bits per heavy atom. The van der Waals surface area contributed by atoms with E-state index in [0.717, 1.165) is 5.56 Å². The minimum Gasteiger partial charge on any atom is -0.428 e. The number of esters is 1. The van der Waals surface area contributed by atoms with Gasteiger partial charge in [0.1, 0.15) is 5.76 Å². The monoisotopic (exact) mass is 218 g/mol. The molecule has 0 aromatic heterocycles. The van der Waals surface area contributed by atoms with Crippen LogP contribution in [0.15, 0.2) is 36.1 Å². The first-order chi connectivity index (χ1) is 7.49. The summed E-state index contributed by atoms with van der Waals surface area (Å²) in [5.41, 5.74) is 1.55. The van der Waals surface area contributed by atoms with Gasteiger partial charge in [0, 0.05) is 6.08 Å². The van der Waals surface area contributed by atoms with Crippen molar-refractivity contribution in [3.63, 3.8) is 0 Å². The van der Waals surface area contributed by atoms with Crippen LogP contribution in [-0.4, -0.2) is 11.8 Å². The Hall–Kier alpha value is -1.90. The van der Waals surface area contributed by atoms with Crippen molar-refractivity contribution in [3.05, 3.63) is 47.2 Å². The summed E-state index contributed by atoms with van der Waals surface area (Å²) in [6.45, 7) is 4.92. The highest BCUT2D eigenvalue weighted by Crippen LogP contribution is 2.07. The minimum atomic E-state index is -0.449. The van der Waals surface area contributed by atoms with Crippen LogP contribution in [0, 0.1) is 6.92 Å². The fourth-order valence-electron chi connectivity index (χ4n) is 1.21. The van der Waals surface area contributed by atoms with E-state index in [-0.39, 0.29) is 5.78 Å². The molecule has 16 heavy (non-hydrogen) atoms. The Morgan fingerprint density at radius 1 is 1.12 bits per heavy atom. The second-order valence-electron chi connectivity index (χ2n) is 3.62. The van der Waals surface area contributed by atoms with Crippen molar-refractivity contribution in [1.82, 2.24) is 0 Å². The van der Waals surface area contributed by atoms with Gasteiger partial charge >= 0.3 is 5.97 Å². The molecule has 0 atom stereocenters. The zero-order valence-electron chi connectivity index (χ0n) is 9.61. The Kier molecular flexibility index (Phi) is 4.00. The molecule has 0 spiro atoms. The molecule has 0 N–H and O–H groups in total. The quantitative estimate of drug-likeness (QED) is 0.445. The van der Waals surface area contributed by atoms with Crippen LogP contribution in [0.2, 0.25) is 0 Å². The smallest absolute Gasteiger partial charge is 0.343 e. The summed E-state index contributed by atoms with van der Waals surface area (Å²) in [5, 5.41) is 0. The summed E-state index contributed by atoms with van der Waals surface area (Å²) in [4.78, 5) is 22.3. The van der Waals surface area contributed by atoms with Gasteiger partial charge in [-0.1, -0.05) is 17.7 Å². The zero-order chi connectivity index (χ0) is 12.1. The van der Waals surface area contributed by atoms with E-state index in [1.807, 2.05) is 19.1 Å².